The molecule has 0 radical (unpaired) electrons. The maximum absolute atomic E-state index is 12.7. The summed E-state index contributed by atoms with van der Waals surface area (Å²) in [7, 11) is 3.08. The molecular formula is C20H21ClN2O4. The van der Waals surface area contributed by atoms with Crippen LogP contribution in [0, 0.1) is 5.92 Å². The number of amides is 2. The monoisotopic (exact) mass is 388 g/mol. The predicted molar refractivity (Wildman–Crippen MR) is 103 cm³/mol. The third-order valence-electron chi connectivity index (χ3n) is 4.57. The molecule has 142 valence electrons. The SMILES string of the molecule is COc1ccc(OC)c(NC(=O)C2CC(=O)N(Cc3ccccc3Cl)C2)c1. The number of benzene rings is 2. The first-order chi connectivity index (χ1) is 13.0. The number of nitrogens with one attached hydrogen (secondary N) is 1. The van der Waals surface area contributed by atoms with Gasteiger partial charge in [-0.3, -0.25) is 9.59 Å². The molecular weight excluding hydrogens is 368 g/mol. The summed E-state index contributed by atoms with van der Waals surface area (Å²) in [6.45, 7) is 0.743. The van der Waals surface area contributed by atoms with Crippen LogP contribution in [-0.4, -0.2) is 37.5 Å². The van der Waals surface area contributed by atoms with Crippen LogP contribution in [0.3, 0.4) is 0 Å². The quantitative estimate of drug-likeness (QED) is 0.824. The number of hydrogen-bond acceptors (Lipinski definition) is 4. The fourth-order valence-electron chi connectivity index (χ4n) is 3.08. The minimum Gasteiger partial charge on any atom is -0.497 e. The average Bonchev–Trinajstić information content (AvgIpc) is 3.04. The van der Waals surface area contributed by atoms with Crippen LogP contribution in [0.5, 0.6) is 11.5 Å². The molecule has 0 aromatic heterocycles. The minimum atomic E-state index is -0.434. The van der Waals surface area contributed by atoms with Crippen molar-refractivity contribution in [2.24, 2.45) is 5.92 Å². The highest BCUT2D eigenvalue weighted by molar-refractivity contribution is 6.31. The maximum Gasteiger partial charge on any atom is 0.229 e. The highest BCUT2D eigenvalue weighted by Gasteiger charge is 2.34. The van der Waals surface area contributed by atoms with Gasteiger partial charge in [-0.1, -0.05) is 29.8 Å². The molecule has 1 saturated heterocycles. The highest BCUT2D eigenvalue weighted by atomic mass is 35.5. The van der Waals surface area contributed by atoms with E-state index in [9.17, 15) is 9.59 Å². The van der Waals surface area contributed by atoms with E-state index in [1.165, 1.54) is 7.11 Å². The molecule has 0 saturated carbocycles. The molecule has 3 rings (SSSR count). The number of anilines is 1. The van der Waals surface area contributed by atoms with E-state index in [1.807, 2.05) is 18.2 Å². The molecule has 1 unspecified atom stereocenters. The minimum absolute atomic E-state index is 0.0623. The van der Waals surface area contributed by atoms with Gasteiger partial charge in [0.15, 0.2) is 0 Å². The van der Waals surface area contributed by atoms with Gasteiger partial charge in [-0.25, -0.2) is 0 Å². The van der Waals surface area contributed by atoms with Gasteiger partial charge < -0.3 is 19.7 Å². The van der Waals surface area contributed by atoms with Gasteiger partial charge in [0.05, 0.1) is 25.8 Å². The number of nitrogens with zero attached hydrogens (tertiary/aromatic N) is 1. The fourth-order valence-corrected chi connectivity index (χ4v) is 3.27. The van der Waals surface area contributed by atoms with Crippen LogP contribution >= 0.6 is 11.6 Å². The Labute approximate surface area is 163 Å². The van der Waals surface area contributed by atoms with Crippen molar-refractivity contribution in [1.82, 2.24) is 4.90 Å². The van der Waals surface area contributed by atoms with E-state index < -0.39 is 5.92 Å². The van der Waals surface area contributed by atoms with Crippen molar-refractivity contribution in [3.8, 4) is 11.5 Å². The normalized spacial score (nSPS) is 16.3. The Morgan fingerprint density at radius 1 is 1.22 bits per heavy atom. The molecule has 0 spiro atoms. The number of halogens is 1. The summed E-state index contributed by atoms with van der Waals surface area (Å²) in [6, 6.07) is 12.5. The molecule has 7 heteroatoms. The lowest BCUT2D eigenvalue weighted by Crippen LogP contribution is -2.28. The number of rotatable bonds is 6. The standard InChI is InChI=1S/C20H21ClN2O4/c1-26-15-7-8-18(27-2)17(10-15)22-20(25)14-9-19(24)23(12-14)11-13-5-3-4-6-16(13)21/h3-8,10,14H,9,11-12H2,1-2H3,(H,22,25). The van der Waals surface area contributed by atoms with Crippen LogP contribution < -0.4 is 14.8 Å². The zero-order valence-electron chi connectivity index (χ0n) is 15.2. The zero-order valence-corrected chi connectivity index (χ0v) is 16.0. The Hall–Kier alpha value is -2.73. The third kappa shape index (κ3) is 4.34. The summed E-state index contributed by atoms with van der Waals surface area (Å²) in [5.41, 5.74) is 1.38. The van der Waals surface area contributed by atoms with E-state index in [0.717, 1.165) is 5.56 Å². The molecule has 6 nitrogen and oxygen atoms in total. The predicted octanol–water partition coefficient (Wildman–Crippen LogP) is 3.34. The van der Waals surface area contributed by atoms with Crippen LogP contribution in [0.4, 0.5) is 5.69 Å². The number of ether oxygens (including phenoxy) is 2. The molecule has 2 aromatic carbocycles. The Kier molecular flexibility index (Phi) is 5.86. The number of carbonyl (C=O) groups is 2. The molecule has 27 heavy (non-hydrogen) atoms. The largest absolute Gasteiger partial charge is 0.497 e. The van der Waals surface area contributed by atoms with E-state index in [2.05, 4.69) is 5.32 Å². The first-order valence-corrected chi connectivity index (χ1v) is 8.93. The molecule has 2 amide bonds. The topological polar surface area (TPSA) is 67.9 Å². The smallest absolute Gasteiger partial charge is 0.229 e. The first-order valence-electron chi connectivity index (χ1n) is 8.56. The van der Waals surface area contributed by atoms with Crippen LogP contribution in [-0.2, 0) is 16.1 Å². The fraction of sp³-hybridized carbons (Fsp3) is 0.300. The molecule has 1 atom stereocenters. The average molecular weight is 389 g/mol. The van der Waals surface area contributed by atoms with Crippen molar-refractivity contribution in [2.75, 3.05) is 26.1 Å². The van der Waals surface area contributed by atoms with Gasteiger partial charge >= 0.3 is 0 Å². The van der Waals surface area contributed by atoms with Gasteiger partial charge in [0.25, 0.3) is 0 Å². The number of methoxy groups -OCH3 is 2. The van der Waals surface area contributed by atoms with Crippen LogP contribution in [0.15, 0.2) is 42.5 Å². The van der Waals surface area contributed by atoms with E-state index >= 15 is 0 Å². The summed E-state index contributed by atoms with van der Waals surface area (Å²) in [6.07, 6.45) is 0.169. The summed E-state index contributed by atoms with van der Waals surface area (Å²) < 4.78 is 10.5. The summed E-state index contributed by atoms with van der Waals surface area (Å²) in [4.78, 5) is 26.7. The van der Waals surface area contributed by atoms with Gasteiger partial charge in [0, 0.05) is 30.6 Å². The second kappa shape index (κ2) is 8.31. The second-order valence-electron chi connectivity index (χ2n) is 6.32. The molecule has 2 aromatic rings. The van der Waals surface area contributed by atoms with Gasteiger partial charge in [-0.2, -0.15) is 0 Å². The summed E-state index contributed by atoms with van der Waals surface area (Å²) in [5, 5.41) is 3.46. The van der Waals surface area contributed by atoms with Gasteiger partial charge in [0.1, 0.15) is 11.5 Å². The Morgan fingerprint density at radius 2 is 2.00 bits per heavy atom. The van der Waals surface area contributed by atoms with Crippen LogP contribution in [0.2, 0.25) is 5.02 Å². The van der Waals surface area contributed by atoms with Gasteiger partial charge in [-0.15, -0.1) is 0 Å². The lowest BCUT2D eigenvalue weighted by Gasteiger charge is -2.18. The van der Waals surface area contributed by atoms with Crippen molar-refractivity contribution in [3.63, 3.8) is 0 Å². The van der Waals surface area contributed by atoms with Gasteiger partial charge in [0.2, 0.25) is 11.8 Å². The van der Waals surface area contributed by atoms with Crippen molar-refractivity contribution >= 4 is 29.1 Å². The summed E-state index contributed by atoms with van der Waals surface area (Å²) >= 11 is 6.18. The maximum atomic E-state index is 12.7. The zero-order chi connectivity index (χ0) is 19.4. The lowest BCUT2D eigenvalue weighted by atomic mass is 10.1. The molecule has 1 aliphatic heterocycles. The van der Waals surface area contributed by atoms with E-state index in [0.29, 0.717) is 35.3 Å². The molecule has 1 fully saturated rings. The van der Waals surface area contributed by atoms with Crippen molar-refractivity contribution in [1.29, 1.82) is 0 Å². The second-order valence-corrected chi connectivity index (χ2v) is 6.73. The molecule has 1 N–H and O–H groups in total. The Balaban J connectivity index is 1.68. The van der Waals surface area contributed by atoms with Crippen molar-refractivity contribution in [2.45, 2.75) is 13.0 Å². The molecule has 1 aliphatic rings. The van der Waals surface area contributed by atoms with E-state index in [1.54, 1.807) is 36.3 Å². The lowest BCUT2D eigenvalue weighted by molar-refractivity contribution is -0.128. The molecule has 0 aliphatic carbocycles. The number of likely N-dealkylation sites (tertiary alicyclic amines) is 1. The van der Waals surface area contributed by atoms with Gasteiger partial charge in [-0.05, 0) is 23.8 Å². The van der Waals surface area contributed by atoms with Crippen LogP contribution in [0.1, 0.15) is 12.0 Å². The van der Waals surface area contributed by atoms with Crippen molar-refractivity contribution in [3.05, 3.63) is 53.1 Å². The molecule has 1 heterocycles. The highest BCUT2D eigenvalue weighted by Crippen LogP contribution is 2.30. The van der Waals surface area contributed by atoms with Crippen molar-refractivity contribution < 1.29 is 19.1 Å². The van der Waals surface area contributed by atoms with E-state index in [4.69, 9.17) is 21.1 Å². The first kappa shape index (κ1) is 19.0. The number of hydrogen-bond donors (Lipinski definition) is 1. The van der Waals surface area contributed by atoms with Crippen LogP contribution in [0.25, 0.3) is 0 Å². The van der Waals surface area contributed by atoms with E-state index in [-0.39, 0.29) is 18.2 Å². The third-order valence-corrected chi connectivity index (χ3v) is 4.94. The molecule has 0 bridgehead atoms. The Morgan fingerprint density at radius 3 is 2.70 bits per heavy atom. The Bertz CT molecular complexity index is 856. The number of carbonyl (C=O) groups excluding carboxylic acids is 2. The summed E-state index contributed by atoms with van der Waals surface area (Å²) in [5.74, 6) is 0.412.